The van der Waals surface area contributed by atoms with Crippen molar-refractivity contribution in [2.24, 2.45) is 11.1 Å². The molecule has 5 heteroatoms. The van der Waals surface area contributed by atoms with Gasteiger partial charge in [-0.2, -0.15) is 0 Å². The third-order valence-electron chi connectivity index (χ3n) is 3.53. The van der Waals surface area contributed by atoms with Crippen LogP contribution in [0.15, 0.2) is 10.6 Å². The van der Waals surface area contributed by atoms with E-state index in [4.69, 9.17) is 10.3 Å². The molecule has 0 radical (unpaired) electrons. The quantitative estimate of drug-likeness (QED) is 0.804. The number of rotatable bonds is 5. The van der Waals surface area contributed by atoms with Crippen LogP contribution in [0.3, 0.4) is 0 Å². The molecule has 1 aliphatic carbocycles. The number of nitrogens with two attached hydrogens (primary N) is 1. The van der Waals surface area contributed by atoms with Gasteiger partial charge < -0.3 is 15.6 Å². The zero-order valence-electron chi connectivity index (χ0n) is 10.2. The van der Waals surface area contributed by atoms with Crippen molar-refractivity contribution in [2.45, 2.75) is 39.2 Å². The lowest BCUT2D eigenvalue weighted by atomic mass is 9.66. The number of nitrogens with one attached hydrogen (secondary N) is 1. The first kappa shape index (κ1) is 12.1. The second kappa shape index (κ2) is 4.87. The van der Waals surface area contributed by atoms with Gasteiger partial charge in [0.1, 0.15) is 11.5 Å². The van der Waals surface area contributed by atoms with E-state index in [2.05, 4.69) is 10.5 Å². The van der Waals surface area contributed by atoms with Gasteiger partial charge in [-0.1, -0.05) is 11.6 Å². The summed E-state index contributed by atoms with van der Waals surface area (Å²) in [6.45, 7) is 2.86. The first-order valence-corrected chi connectivity index (χ1v) is 6.02. The maximum atomic E-state index is 11.8. The van der Waals surface area contributed by atoms with Crippen LogP contribution in [0.25, 0.3) is 0 Å². The maximum absolute atomic E-state index is 11.8. The van der Waals surface area contributed by atoms with Crippen molar-refractivity contribution in [2.75, 3.05) is 6.54 Å². The number of hydrogen-bond acceptors (Lipinski definition) is 4. The van der Waals surface area contributed by atoms with Crippen molar-refractivity contribution in [1.82, 2.24) is 10.5 Å². The Bertz CT molecular complexity index is 391. The minimum absolute atomic E-state index is 0.0517. The summed E-state index contributed by atoms with van der Waals surface area (Å²) in [5.74, 6) is 0.808. The van der Waals surface area contributed by atoms with Crippen molar-refractivity contribution >= 4 is 5.91 Å². The maximum Gasteiger partial charge on any atom is 0.220 e. The Kier molecular flexibility index (Phi) is 3.47. The fourth-order valence-electron chi connectivity index (χ4n) is 2.22. The van der Waals surface area contributed by atoms with Gasteiger partial charge in [0.15, 0.2) is 0 Å². The summed E-state index contributed by atoms with van der Waals surface area (Å²) in [7, 11) is 0. The zero-order valence-corrected chi connectivity index (χ0v) is 10.2. The van der Waals surface area contributed by atoms with Crippen molar-refractivity contribution in [3.05, 3.63) is 17.5 Å². The zero-order chi connectivity index (χ0) is 12.3. The highest BCUT2D eigenvalue weighted by atomic mass is 16.5. The average Bonchev–Trinajstić information content (AvgIpc) is 2.67. The number of carbonyl (C=O) groups excluding carboxylic acids is 1. The molecule has 3 N–H and O–H groups in total. The Morgan fingerprint density at radius 2 is 2.41 bits per heavy atom. The van der Waals surface area contributed by atoms with Gasteiger partial charge in [-0.25, -0.2) is 0 Å². The molecule has 1 aliphatic rings. The molecule has 0 unspecified atom stereocenters. The van der Waals surface area contributed by atoms with Gasteiger partial charge >= 0.3 is 0 Å². The molecule has 1 aromatic heterocycles. The molecule has 1 heterocycles. The molecule has 1 amide bonds. The van der Waals surface area contributed by atoms with Crippen molar-refractivity contribution in [3.8, 4) is 0 Å². The van der Waals surface area contributed by atoms with Crippen LogP contribution in [-0.4, -0.2) is 17.6 Å². The fraction of sp³-hybridized carbons (Fsp3) is 0.667. The molecule has 94 valence electrons. The van der Waals surface area contributed by atoms with E-state index in [1.54, 1.807) is 0 Å². The van der Waals surface area contributed by atoms with Crippen LogP contribution in [-0.2, 0) is 11.3 Å². The molecule has 1 saturated carbocycles. The Labute approximate surface area is 101 Å². The Hall–Kier alpha value is -1.36. The van der Waals surface area contributed by atoms with Gasteiger partial charge in [-0.3, -0.25) is 4.79 Å². The van der Waals surface area contributed by atoms with Crippen LogP contribution in [0, 0.1) is 12.3 Å². The highest BCUT2D eigenvalue weighted by Crippen LogP contribution is 2.42. The number of carbonyl (C=O) groups is 1. The summed E-state index contributed by atoms with van der Waals surface area (Å²) in [5.41, 5.74) is 6.54. The summed E-state index contributed by atoms with van der Waals surface area (Å²) >= 11 is 0. The largest absolute Gasteiger partial charge is 0.361 e. The third kappa shape index (κ3) is 2.85. The SMILES string of the molecule is Cc1cc(CNC(=O)CC2(CN)CCC2)no1. The van der Waals surface area contributed by atoms with Crippen molar-refractivity contribution in [1.29, 1.82) is 0 Å². The second-order valence-corrected chi connectivity index (χ2v) is 4.94. The summed E-state index contributed by atoms with van der Waals surface area (Å²) in [5, 5.41) is 6.68. The Balaban J connectivity index is 1.77. The lowest BCUT2D eigenvalue weighted by Crippen LogP contribution is -2.41. The predicted molar refractivity (Wildman–Crippen MR) is 63.0 cm³/mol. The van der Waals surface area contributed by atoms with Crippen molar-refractivity contribution < 1.29 is 9.32 Å². The third-order valence-corrected chi connectivity index (χ3v) is 3.53. The second-order valence-electron chi connectivity index (χ2n) is 4.94. The van der Waals surface area contributed by atoms with Crippen LogP contribution < -0.4 is 11.1 Å². The van der Waals surface area contributed by atoms with E-state index >= 15 is 0 Å². The summed E-state index contributed by atoms with van der Waals surface area (Å²) in [4.78, 5) is 11.8. The monoisotopic (exact) mass is 237 g/mol. The minimum atomic E-state index is 0.0517. The highest BCUT2D eigenvalue weighted by molar-refractivity contribution is 5.76. The van der Waals surface area contributed by atoms with Gasteiger partial charge in [-0.15, -0.1) is 0 Å². The summed E-state index contributed by atoms with van der Waals surface area (Å²) in [6.07, 6.45) is 3.85. The summed E-state index contributed by atoms with van der Waals surface area (Å²) in [6, 6.07) is 1.82. The fourth-order valence-corrected chi connectivity index (χ4v) is 2.22. The number of hydrogen-bond donors (Lipinski definition) is 2. The van der Waals surface area contributed by atoms with Crippen LogP contribution >= 0.6 is 0 Å². The topological polar surface area (TPSA) is 81.2 Å². The van der Waals surface area contributed by atoms with Gasteiger partial charge in [0, 0.05) is 12.5 Å². The molecule has 5 nitrogen and oxygen atoms in total. The minimum Gasteiger partial charge on any atom is -0.361 e. The predicted octanol–water partition coefficient (Wildman–Crippen LogP) is 1.12. The summed E-state index contributed by atoms with van der Waals surface area (Å²) < 4.78 is 4.93. The Morgan fingerprint density at radius 1 is 1.65 bits per heavy atom. The molecule has 0 saturated heterocycles. The van der Waals surface area contributed by atoms with Crippen LogP contribution in [0.4, 0.5) is 0 Å². The highest BCUT2D eigenvalue weighted by Gasteiger charge is 2.37. The van der Waals surface area contributed by atoms with E-state index in [1.807, 2.05) is 13.0 Å². The van der Waals surface area contributed by atoms with Gasteiger partial charge in [0.25, 0.3) is 0 Å². The van der Waals surface area contributed by atoms with E-state index < -0.39 is 0 Å². The van der Waals surface area contributed by atoms with E-state index in [0.717, 1.165) is 24.3 Å². The standard InChI is InChI=1S/C12H19N3O2/c1-9-5-10(15-17-9)7-14-11(16)6-12(8-13)3-2-4-12/h5H,2-4,6-8,13H2,1H3,(H,14,16). The molecule has 0 aliphatic heterocycles. The van der Waals surface area contributed by atoms with Gasteiger partial charge in [0.2, 0.25) is 5.91 Å². The van der Waals surface area contributed by atoms with E-state index in [0.29, 0.717) is 19.5 Å². The van der Waals surface area contributed by atoms with Gasteiger partial charge in [0.05, 0.1) is 6.54 Å². The van der Waals surface area contributed by atoms with Crippen LogP contribution in [0.5, 0.6) is 0 Å². The molecular formula is C12H19N3O2. The normalized spacial score (nSPS) is 17.5. The number of aromatic nitrogens is 1. The Morgan fingerprint density at radius 3 is 2.88 bits per heavy atom. The van der Waals surface area contributed by atoms with Crippen molar-refractivity contribution in [3.63, 3.8) is 0 Å². The van der Waals surface area contributed by atoms with Crippen LogP contribution in [0.2, 0.25) is 0 Å². The molecule has 0 bridgehead atoms. The van der Waals surface area contributed by atoms with Gasteiger partial charge in [-0.05, 0) is 31.7 Å². The lowest BCUT2D eigenvalue weighted by Gasteiger charge is -2.40. The first-order chi connectivity index (χ1) is 8.13. The molecule has 1 aromatic rings. The molecule has 0 aromatic carbocycles. The van der Waals surface area contributed by atoms with Crippen LogP contribution in [0.1, 0.15) is 37.1 Å². The lowest BCUT2D eigenvalue weighted by molar-refractivity contribution is -0.124. The number of aryl methyl sites for hydroxylation is 1. The van der Waals surface area contributed by atoms with E-state index in [1.165, 1.54) is 6.42 Å². The van der Waals surface area contributed by atoms with E-state index in [9.17, 15) is 4.79 Å². The molecule has 2 rings (SSSR count). The molecule has 1 fully saturated rings. The first-order valence-electron chi connectivity index (χ1n) is 6.02. The molecule has 0 atom stereocenters. The number of amides is 1. The molecule has 0 spiro atoms. The number of nitrogens with zero attached hydrogens (tertiary/aromatic N) is 1. The molecule has 17 heavy (non-hydrogen) atoms. The van der Waals surface area contributed by atoms with E-state index in [-0.39, 0.29) is 11.3 Å². The molecular weight excluding hydrogens is 218 g/mol. The average molecular weight is 237 g/mol. The smallest absolute Gasteiger partial charge is 0.220 e.